The standard InChI is InChI=1S/C14H22N4O2/c1-18(2)6-4-3-5-16-11-8-12-13(7-10(11)15)20-9-14(19)17-12/h7-8,16H,3-6,9,15H2,1-2H3,(H,17,19). The normalized spacial score (nSPS) is 13.7. The van der Waals surface area contributed by atoms with Crippen LogP contribution in [0.2, 0.25) is 0 Å². The number of amides is 1. The van der Waals surface area contributed by atoms with Crippen LogP contribution in [0.5, 0.6) is 5.75 Å². The zero-order valence-electron chi connectivity index (χ0n) is 12.0. The Labute approximate surface area is 119 Å². The molecular weight excluding hydrogens is 256 g/mol. The molecule has 1 heterocycles. The molecule has 1 aliphatic heterocycles. The van der Waals surface area contributed by atoms with Gasteiger partial charge in [-0.3, -0.25) is 4.79 Å². The molecule has 0 unspecified atom stereocenters. The van der Waals surface area contributed by atoms with Gasteiger partial charge in [0, 0.05) is 12.6 Å². The summed E-state index contributed by atoms with van der Waals surface area (Å²) in [5.41, 5.74) is 8.12. The molecule has 1 aliphatic rings. The summed E-state index contributed by atoms with van der Waals surface area (Å²) in [6, 6.07) is 3.57. The van der Waals surface area contributed by atoms with Crippen molar-refractivity contribution in [3.8, 4) is 5.75 Å². The lowest BCUT2D eigenvalue weighted by Crippen LogP contribution is -2.25. The van der Waals surface area contributed by atoms with E-state index in [0.29, 0.717) is 17.1 Å². The van der Waals surface area contributed by atoms with Crippen LogP contribution in [0.3, 0.4) is 0 Å². The van der Waals surface area contributed by atoms with Crippen LogP contribution < -0.4 is 21.1 Å². The number of nitrogens with two attached hydrogens (primary N) is 1. The monoisotopic (exact) mass is 278 g/mol. The summed E-state index contributed by atoms with van der Waals surface area (Å²) in [7, 11) is 4.13. The van der Waals surface area contributed by atoms with Crippen LogP contribution in [-0.4, -0.2) is 44.6 Å². The maximum Gasteiger partial charge on any atom is 0.262 e. The molecule has 0 aromatic heterocycles. The molecule has 1 aromatic carbocycles. The zero-order valence-corrected chi connectivity index (χ0v) is 12.0. The summed E-state index contributed by atoms with van der Waals surface area (Å²) in [6.45, 7) is 1.97. The Bertz CT molecular complexity index is 488. The molecule has 0 saturated heterocycles. The van der Waals surface area contributed by atoms with E-state index in [9.17, 15) is 4.79 Å². The van der Waals surface area contributed by atoms with Crippen LogP contribution in [-0.2, 0) is 4.79 Å². The molecule has 4 N–H and O–H groups in total. The number of benzene rings is 1. The Kier molecular flexibility index (Phi) is 4.68. The lowest BCUT2D eigenvalue weighted by Gasteiger charge is -2.20. The van der Waals surface area contributed by atoms with Gasteiger partial charge in [-0.05, 0) is 39.5 Å². The molecule has 0 atom stereocenters. The van der Waals surface area contributed by atoms with Crippen LogP contribution in [0, 0.1) is 0 Å². The first-order valence-corrected chi connectivity index (χ1v) is 6.81. The summed E-state index contributed by atoms with van der Waals surface area (Å²) in [6.07, 6.45) is 2.20. The largest absolute Gasteiger partial charge is 0.482 e. The highest BCUT2D eigenvalue weighted by atomic mass is 16.5. The number of unbranched alkanes of at least 4 members (excludes halogenated alkanes) is 1. The number of hydrogen-bond acceptors (Lipinski definition) is 5. The van der Waals surface area contributed by atoms with Gasteiger partial charge in [-0.25, -0.2) is 0 Å². The number of ether oxygens (including phenoxy) is 1. The predicted octanol–water partition coefficient (Wildman–Crippen LogP) is 1.35. The number of anilines is 3. The van der Waals surface area contributed by atoms with Crippen LogP contribution in [0.1, 0.15) is 12.8 Å². The Morgan fingerprint density at radius 2 is 2.20 bits per heavy atom. The molecule has 110 valence electrons. The van der Waals surface area contributed by atoms with Gasteiger partial charge < -0.3 is 26.0 Å². The highest BCUT2D eigenvalue weighted by molar-refractivity contribution is 5.97. The number of hydrogen-bond donors (Lipinski definition) is 3. The molecule has 6 nitrogen and oxygen atoms in total. The van der Waals surface area contributed by atoms with Gasteiger partial charge in [0.25, 0.3) is 5.91 Å². The van der Waals surface area contributed by atoms with Crippen molar-refractivity contribution in [3.63, 3.8) is 0 Å². The smallest absolute Gasteiger partial charge is 0.262 e. The third kappa shape index (κ3) is 3.77. The molecule has 0 radical (unpaired) electrons. The second-order valence-corrected chi connectivity index (χ2v) is 5.21. The molecule has 6 heteroatoms. The Morgan fingerprint density at radius 1 is 1.40 bits per heavy atom. The zero-order chi connectivity index (χ0) is 14.5. The van der Waals surface area contributed by atoms with E-state index in [1.165, 1.54) is 0 Å². The van der Waals surface area contributed by atoms with Crippen molar-refractivity contribution in [2.24, 2.45) is 0 Å². The highest BCUT2D eigenvalue weighted by Crippen LogP contribution is 2.35. The van der Waals surface area contributed by atoms with E-state index in [2.05, 4.69) is 29.6 Å². The SMILES string of the molecule is CN(C)CCCCNc1cc2c(cc1N)OCC(=O)N2. The average Bonchev–Trinajstić information content (AvgIpc) is 2.39. The van der Waals surface area contributed by atoms with E-state index >= 15 is 0 Å². The van der Waals surface area contributed by atoms with Gasteiger partial charge in [-0.15, -0.1) is 0 Å². The lowest BCUT2D eigenvalue weighted by molar-refractivity contribution is -0.118. The minimum absolute atomic E-state index is 0.0454. The van der Waals surface area contributed by atoms with Crippen molar-refractivity contribution in [2.75, 3.05) is 50.2 Å². The predicted molar refractivity (Wildman–Crippen MR) is 81.3 cm³/mol. The van der Waals surface area contributed by atoms with E-state index in [0.717, 1.165) is 31.6 Å². The lowest BCUT2D eigenvalue weighted by atomic mass is 10.2. The molecule has 0 fully saturated rings. The molecule has 1 amide bonds. The maximum atomic E-state index is 11.3. The number of carbonyl (C=O) groups is 1. The van der Waals surface area contributed by atoms with Gasteiger partial charge in [0.15, 0.2) is 6.61 Å². The van der Waals surface area contributed by atoms with Gasteiger partial charge in [0.1, 0.15) is 5.75 Å². The highest BCUT2D eigenvalue weighted by Gasteiger charge is 2.17. The summed E-state index contributed by atoms with van der Waals surface area (Å²) in [5, 5.41) is 6.08. The van der Waals surface area contributed by atoms with Crippen molar-refractivity contribution >= 4 is 23.0 Å². The molecular formula is C14H22N4O2. The molecule has 0 saturated carbocycles. The fraction of sp³-hybridized carbons (Fsp3) is 0.500. The van der Waals surface area contributed by atoms with Gasteiger partial charge in [0.2, 0.25) is 0 Å². The summed E-state index contributed by atoms with van der Waals surface area (Å²) in [4.78, 5) is 13.5. The quantitative estimate of drug-likeness (QED) is 0.541. The summed E-state index contributed by atoms with van der Waals surface area (Å²) < 4.78 is 5.32. The Hall–Kier alpha value is -1.95. The number of nitrogens with zero attached hydrogens (tertiary/aromatic N) is 1. The molecule has 1 aromatic rings. The number of nitrogen functional groups attached to an aromatic ring is 1. The van der Waals surface area contributed by atoms with Crippen molar-refractivity contribution in [2.45, 2.75) is 12.8 Å². The van der Waals surface area contributed by atoms with E-state index in [1.807, 2.05) is 6.07 Å². The third-order valence-electron chi connectivity index (χ3n) is 3.13. The average molecular weight is 278 g/mol. The molecule has 0 spiro atoms. The first-order valence-electron chi connectivity index (χ1n) is 6.81. The van der Waals surface area contributed by atoms with Crippen molar-refractivity contribution in [1.82, 2.24) is 4.90 Å². The molecule has 20 heavy (non-hydrogen) atoms. The second-order valence-electron chi connectivity index (χ2n) is 5.21. The summed E-state index contributed by atoms with van der Waals surface area (Å²) in [5.74, 6) is 0.486. The van der Waals surface area contributed by atoms with Crippen molar-refractivity contribution in [1.29, 1.82) is 0 Å². The van der Waals surface area contributed by atoms with Gasteiger partial charge in [-0.2, -0.15) is 0 Å². The third-order valence-corrected chi connectivity index (χ3v) is 3.13. The van der Waals surface area contributed by atoms with Gasteiger partial charge in [-0.1, -0.05) is 0 Å². The maximum absolute atomic E-state index is 11.3. The minimum atomic E-state index is -0.140. The van der Waals surface area contributed by atoms with Gasteiger partial charge in [0.05, 0.1) is 17.1 Å². The first-order chi connectivity index (χ1) is 9.56. The Morgan fingerprint density at radius 3 is 2.95 bits per heavy atom. The van der Waals surface area contributed by atoms with Crippen LogP contribution in [0.15, 0.2) is 12.1 Å². The fourth-order valence-electron chi connectivity index (χ4n) is 2.07. The Balaban J connectivity index is 1.91. The number of fused-ring (bicyclic) bond motifs is 1. The fourth-order valence-corrected chi connectivity index (χ4v) is 2.07. The molecule has 0 bridgehead atoms. The van der Waals surface area contributed by atoms with E-state index in [1.54, 1.807) is 6.07 Å². The molecule has 2 rings (SSSR count). The molecule has 0 aliphatic carbocycles. The van der Waals surface area contributed by atoms with Gasteiger partial charge >= 0.3 is 0 Å². The van der Waals surface area contributed by atoms with Crippen molar-refractivity contribution < 1.29 is 9.53 Å². The summed E-state index contributed by atoms with van der Waals surface area (Å²) >= 11 is 0. The number of rotatable bonds is 6. The first kappa shape index (κ1) is 14.5. The van der Waals surface area contributed by atoms with Crippen LogP contribution in [0.4, 0.5) is 17.1 Å². The van der Waals surface area contributed by atoms with Crippen LogP contribution >= 0.6 is 0 Å². The minimum Gasteiger partial charge on any atom is -0.482 e. The van der Waals surface area contributed by atoms with E-state index in [4.69, 9.17) is 10.5 Å². The topological polar surface area (TPSA) is 79.6 Å². The van der Waals surface area contributed by atoms with E-state index in [-0.39, 0.29) is 12.5 Å². The van der Waals surface area contributed by atoms with Crippen LogP contribution in [0.25, 0.3) is 0 Å². The van der Waals surface area contributed by atoms with Crippen molar-refractivity contribution in [3.05, 3.63) is 12.1 Å². The second kappa shape index (κ2) is 6.47. The number of nitrogens with one attached hydrogen (secondary N) is 2. The van der Waals surface area contributed by atoms with E-state index < -0.39 is 0 Å². The number of carbonyl (C=O) groups excluding carboxylic acids is 1.